The Hall–Kier alpha value is -2.18. The van der Waals surface area contributed by atoms with Crippen molar-refractivity contribution in [2.75, 3.05) is 11.4 Å². The van der Waals surface area contributed by atoms with E-state index in [2.05, 4.69) is 0 Å². The first kappa shape index (κ1) is 19.6. The summed E-state index contributed by atoms with van der Waals surface area (Å²) in [7, 11) is 0. The number of rotatable bonds is 4. The second-order valence-electron chi connectivity index (χ2n) is 6.76. The molecule has 1 fully saturated rings. The Balaban J connectivity index is 1.92. The van der Waals surface area contributed by atoms with Gasteiger partial charge in [-0.15, -0.1) is 0 Å². The Kier molecular flexibility index (Phi) is 5.67. The van der Waals surface area contributed by atoms with Crippen LogP contribution in [-0.2, 0) is 11.2 Å². The van der Waals surface area contributed by atoms with Crippen molar-refractivity contribution in [1.29, 1.82) is 0 Å². The highest BCUT2D eigenvalue weighted by Crippen LogP contribution is 2.40. The zero-order chi connectivity index (χ0) is 19.7. The molecule has 0 bridgehead atoms. The zero-order valence-corrected chi connectivity index (χ0v) is 16.0. The van der Waals surface area contributed by atoms with Crippen LogP contribution in [0.1, 0.15) is 18.9 Å². The van der Waals surface area contributed by atoms with E-state index in [9.17, 15) is 19.3 Å². The van der Waals surface area contributed by atoms with Crippen LogP contribution in [0.5, 0.6) is 0 Å². The maximum Gasteiger partial charge on any atom is 0.272 e. The number of piperidine rings is 1. The molecule has 0 aliphatic carbocycles. The topological polar surface area (TPSA) is 63.4 Å². The highest BCUT2D eigenvalue weighted by molar-refractivity contribution is 6.40. The summed E-state index contributed by atoms with van der Waals surface area (Å²) in [6, 6.07) is 8.91. The lowest BCUT2D eigenvalue weighted by molar-refractivity contribution is -0.384. The van der Waals surface area contributed by atoms with E-state index in [1.165, 1.54) is 23.1 Å². The van der Waals surface area contributed by atoms with Crippen molar-refractivity contribution in [3.05, 3.63) is 67.9 Å². The third-order valence-corrected chi connectivity index (χ3v) is 5.34. The monoisotopic (exact) mass is 410 g/mol. The number of hydrogen-bond donors (Lipinski definition) is 0. The van der Waals surface area contributed by atoms with Crippen LogP contribution in [-0.4, -0.2) is 17.4 Å². The molecule has 0 spiro atoms. The van der Waals surface area contributed by atoms with E-state index in [-0.39, 0.29) is 45.0 Å². The molecule has 1 aliphatic rings. The van der Waals surface area contributed by atoms with Crippen molar-refractivity contribution < 1.29 is 14.1 Å². The van der Waals surface area contributed by atoms with Crippen LogP contribution in [0.15, 0.2) is 36.4 Å². The number of carbonyl (C=O) groups excluding carboxylic acids is 1. The number of non-ortho nitro benzene ring substituents is 1. The lowest BCUT2D eigenvalue weighted by Gasteiger charge is -2.37. The average Bonchev–Trinajstić information content (AvgIpc) is 2.60. The molecule has 1 amide bonds. The average molecular weight is 411 g/mol. The summed E-state index contributed by atoms with van der Waals surface area (Å²) in [6.07, 6.45) is 1.09. The molecular weight excluding hydrogens is 394 g/mol. The largest absolute Gasteiger partial charge is 0.309 e. The second-order valence-corrected chi connectivity index (χ2v) is 7.58. The van der Waals surface area contributed by atoms with Gasteiger partial charge in [-0.2, -0.15) is 0 Å². The van der Waals surface area contributed by atoms with Crippen molar-refractivity contribution in [2.24, 2.45) is 11.8 Å². The third kappa shape index (κ3) is 4.06. The van der Waals surface area contributed by atoms with Gasteiger partial charge < -0.3 is 4.90 Å². The summed E-state index contributed by atoms with van der Waals surface area (Å²) in [5.74, 6) is -0.716. The lowest BCUT2D eigenvalue weighted by atomic mass is 9.85. The molecule has 2 aromatic carbocycles. The molecule has 2 aromatic rings. The van der Waals surface area contributed by atoms with E-state index in [4.69, 9.17) is 23.2 Å². The number of benzene rings is 2. The van der Waals surface area contributed by atoms with Crippen molar-refractivity contribution in [3.8, 4) is 0 Å². The molecule has 1 saturated heterocycles. The molecule has 8 heteroatoms. The van der Waals surface area contributed by atoms with Gasteiger partial charge in [-0.25, -0.2) is 4.39 Å². The molecule has 1 heterocycles. The fraction of sp³-hybridized carbons (Fsp3) is 0.316. The van der Waals surface area contributed by atoms with Gasteiger partial charge >= 0.3 is 0 Å². The van der Waals surface area contributed by atoms with Crippen LogP contribution < -0.4 is 4.90 Å². The van der Waals surface area contributed by atoms with E-state index in [0.29, 0.717) is 24.9 Å². The minimum absolute atomic E-state index is 0.0110. The Morgan fingerprint density at radius 1 is 1.26 bits per heavy atom. The van der Waals surface area contributed by atoms with Gasteiger partial charge in [-0.1, -0.05) is 48.3 Å². The standard InChI is InChI=1S/C19H17Cl2FN2O3/c1-11-6-12(7-13-4-2-3-5-17(13)22)10-23(19(11)25)18-15(20)8-14(24(26)27)9-16(18)21/h2-5,8-9,11-12H,6-7,10H2,1H3/t11-,12-/m1/s1. The van der Waals surface area contributed by atoms with Crippen LogP contribution in [0.25, 0.3) is 0 Å². The Morgan fingerprint density at radius 3 is 2.48 bits per heavy atom. The number of halogens is 3. The van der Waals surface area contributed by atoms with E-state index >= 15 is 0 Å². The number of nitrogens with zero attached hydrogens (tertiary/aromatic N) is 2. The number of amides is 1. The molecule has 3 rings (SSSR count). The summed E-state index contributed by atoms with van der Waals surface area (Å²) in [5.41, 5.74) is 0.609. The molecule has 0 N–H and O–H groups in total. The van der Waals surface area contributed by atoms with Gasteiger partial charge in [0.15, 0.2) is 0 Å². The van der Waals surface area contributed by atoms with Gasteiger partial charge in [-0.3, -0.25) is 14.9 Å². The molecule has 5 nitrogen and oxygen atoms in total. The second kappa shape index (κ2) is 7.82. The lowest BCUT2D eigenvalue weighted by Crippen LogP contribution is -2.45. The Labute approximate surface area is 165 Å². The van der Waals surface area contributed by atoms with Crippen LogP contribution >= 0.6 is 23.2 Å². The van der Waals surface area contributed by atoms with Gasteiger partial charge in [0.25, 0.3) is 5.69 Å². The fourth-order valence-corrected chi connectivity index (χ4v) is 4.21. The predicted molar refractivity (Wildman–Crippen MR) is 103 cm³/mol. The fourth-order valence-electron chi connectivity index (χ4n) is 3.53. The molecule has 142 valence electrons. The highest BCUT2D eigenvalue weighted by Gasteiger charge is 2.35. The van der Waals surface area contributed by atoms with Gasteiger partial charge in [0.1, 0.15) is 5.82 Å². The quantitative estimate of drug-likeness (QED) is 0.509. The zero-order valence-electron chi connectivity index (χ0n) is 14.5. The van der Waals surface area contributed by atoms with Crippen molar-refractivity contribution in [3.63, 3.8) is 0 Å². The summed E-state index contributed by atoms with van der Waals surface area (Å²) in [6.45, 7) is 2.12. The van der Waals surface area contributed by atoms with E-state index in [1.807, 2.05) is 0 Å². The van der Waals surface area contributed by atoms with Crippen molar-refractivity contribution >= 4 is 40.5 Å². The summed E-state index contributed by atoms with van der Waals surface area (Å²) in [4.78, 5) is 24.6. The minimum Gasteiger partial charge on any atom is -0.309 e. The Bertz CT molecular complexity index is 883. The summed E-state index contributed by atoms with van der Waals surface area (Å²) < 4.78 is 14.0. The van der Waals surface area contributed by atoms with Gasteiger partial charge in [0.2, 0.25) is 5.91 Å². The summed E-state index contributed by atoms with van der Waals surface area (Å²) >= 11 is 12.4. The maximum absolute atomic E-state index is 14.0. The molecule has 2 atom stereocenters. The van der Waals surface area contributed by atoms with Crippen molar-refractivity contribution in [2.45, 2.75) is 19.8 Å². The first-order valence-corrected chi connectivity index (χ1v) is 9.21. The Morgan fingerprint density at radius 2 is 1.89 bits per heavy atom. The molecular formula is C19H17Cl2FN2O3. The highest BCUT2D eigenvalue weighted by atomic mass is 35.5. The first-order valence-electron chi connectivity index (χ1n) is 8.46. The van der Waals surface area contributed by atoms with Gasteiger partial charge in [0, 0.05) is 24.6 Å². The van der Waals surface area contributed by atoms with E-state index in [1.54, 1.807) is 25.1 Å². The van der Waals surface area contributed by atoms with Gasteiger partial charge in [-0.05, 0) is 30.4 Å². The van der Waals surface area contributed by atoms with E-state index in [0.717, 1.165) is 0 Å². The van der Waals surface area contributed by atoms with Crippen molar-refractivity contribution in [1.82, 2.24) is 0 Å². The minimum atomic E-state index is -0.594. The van der Waals surface area contributed by atoms with Crippen LogP contribution in [0.2, 0.25) is 10.0 Å². The van der Waals surface area contributed by atoms with E-state index < -0.39 is 4.92 Å². The number of hydrogen-bond acceptors (Lipinski definition) is 3. The number of anilines is 1. The molecule has 0 saturated carbocycles. The third-order valence-electron chi connectivity index (χ3n) is 4.76. The number of nitro groups is 1. The SMILES string of the molecule is C[C@@H]1C[C@H](Cc2ccccc2F)CN(c2c(Cl)cc([N+](=O)[O-])cc2Cl)C1=O. The molecule has 0 radical (unpaired) electrons. The molecule has 0 aromatic heterocycles. The normalized spacial score (nSPS) is 20.0. The molecule has 27 heavy (non-hydrogen) atoms. The molecule has 0 unspecified atom stereocenters. The van der Waals surface area contributed by atoms with Gasteiger partial charge in [0.05, 0.1) is 20.7 Å². The van der Waals surface area contributed by atoms with Crippen LogP contribution in [0, 0.1) is 27.8 Å². The maximum atomic E-state index is 14.0. The smallest absolute Gasteiger partial charge is 0.272 e. The number of nitro benzene ring substituents is 1. The predicted octanol–water partition coefficient (Wildman–Crippen LogP) is 5.27. The summed E-state index contributed by atoms with van der Waals surface area (Å²) in [5, 5.41) is 11.1. The van der Waals surface area contributed by atoms with Crippen LogP contribution in [0.4, 0.5) is 15.8 Å². The molecule has 1 aliphatic heterocycles. The first-order chi connectivity index (χ1) is 12.8. The number of carbonyl (C=O) groups is 1. The van der Waals surface area contributed by atoms with Crippen LogP contribution in [0.3, 0.4) is 0 Å².